The van der Waals surface area contributed by atoms with Crippen LogP contribution in [0.15, 0.2) is 18.3 Å². The van der Waals surface area contributed by atoms with Gasteiger partial charge < -0.3 is 10.6 Å². The summed E-state index contributed by atoms with van der Waals surface area (Å²) in [5.74, 6) is -0.642. The fourth-order valence-corrected chi connectivity index (χ4v) is 2.42. The largest absolute Gasteiger partial charge is 0.391 e. The number of nitrogens with zero attached hydrogens (tertiary/aromatic N) is 2. The molecule has 0 atom stereocenters. The van der Waals surface area contributed by atoms with Gasteiger partial charge in [0.15, 0.2) is 0 Å². The summed E-state index contributed by atoms with van der Waals surface area (Å²) in [6, 6.07) is 3.45. The number of hydrogen-bond donors (Lipinski definition) is 1. The Morgan fingerprint density at radius 1 is 1.37 bits per heavy atom. The Morgan fingerprint density at radius 2 is 2.00 bits per heavy atom. The lowest BCUT2D eigenvalue weighted by atomic mass is 9.96. The van der Waals surface area contributed by atoms with Gasteiger partial charge in [0.1, 0.15) is 10.8 Å². The quantitative estimate of drug-likeness (QED) is 0.849. The SMILES string of the molecule is NC(=S)c1cccnc1N1CCC(C(F)(F)F)CC1. The number of piperidine rings is 1. The molecular formula is C12H14F3N3S. The van der Waals surface area contributed by atoms with Gasteiger partial charge in [0, 0.05) is 19.3 Å². The first-order valence-electron chi connectivity index (χ1n) is 5.96. The van der Waals surface area contributed by atoms with Crippen LogP contribution in [0, 0.1) is 5.92 Å². The van der Waals surface area contributed by atoms with Gasteiger partial charge in [0.2, 0.25) is 0 Å². The van der Waals surface area contributed by atoms with Crippen molar-refractivity contribution in [1.29, 1.82) is 0 Å². The zero-order chi connectivity index (χ0) is 14.0. The topological polar surface area (TPSA) is 42.1 Å². The van der Waals surface area contributed by atoms with Crippen LogP contribution in [0.25, 0.3) is 0 Å². The third-order valence-electron chi connectivity index (χ3n) is 3.31. The van der Waals surface area contributed by atoms with E-state index in [1.165, 1.54) is 0 Å². The number of aromatic nitrogens is 1. The lowest BCUT2D eigenvalue weighted by Gasteiger charge is -2.34. The van der Waals surface area contributed by atoms with Crippen molar-refractivity contribution in [2.75, 3.05) is 18.0 Å². The van der Waals surface area contributed by atoms with E-state index >= 15 is 0 Å². The van der Waals surface area contributed by atoms with Gasteiger partial charge in [0.25, 0.3) is 0 Å². The normalized spacial score (nSPS) is 17.5. The number of anilines is 1. The number of thiocarbonyl (C=S) groups is 1. The Kier molecular flexibility index (Phi) is 3.93. The molecule has 0 saturated carbocycles. The number of pyridine rings is 1. The molecule has 7 heteroatoms. The van der Waals surface area contributed by atoms with Crippen LogP contribution in [-0.4, -0.2) is 29.2 Å². The van der Waals surface area contributed by atoms with Gasteiger partial charge in [0.05, 0.1) is 11.5 Å². The van der Waals surface area contributed by atoms with E-state index in [2.05, 4.69) is 4.98 Å². The first-order valence-corrected chi connectivity index (χ1v) is 6.37. The van der Waals surface area contributed by atoms with Gasteiger partial charge in [-0.2, -0.15) is 13.2 Å². The monoisotopic (exact) mass is 289 g/mol. The molecule has 2 heterocycles. The van der Waals surface area contributed by atoms with E-state index in [-0.39, 0.29) is 17.8 Å². The van der Waals surface area contributed by atoms with Gasteiger partial charge >= 0.3 is 6.18 Å². The highest BCUT2D eigenvalue weighted by Gasteiger charge is 2.41. The molecule has 104 valence electrons. The fourth-order valence-electron chi connectivity index (χ4n) is 2.26. The molecule has 0 amide bonds. The van der Waals surface area contributed by atoms with Crippen molar-refractivity contribution in [3.63, 3.8) is 0 Å². The maximum atomic E-state index is 12.6. The molecule has 1 fully saturated rings. The Hall–Kier alpha value is -1.37. The summed E-state index contributed by atoms with van der Waals surface area (Å²) in [6.45, 7) is 0.633. The van der Waals surface area contributed by atoms with Crippen molar-refractivity contribution in [2.24, 2.45) is 11.7 Å². The third kappa shape index (κ3) is 3.15. The number of halogens is 3. The lowest BCUT2D eigenvalue weighted by molar-refractivity contribution is -0.179. The summed E-state index contributed by atoms with van der Waals surface area (Å²) < 4.78 is 37.8. The van der Waals surface area contributed by atoms with Crippen LogP contribution in [0.2, 0.25) is 0 Å². The summed E-state index contributed by atoms with van der Waals surface area (Å²) in [7, 11) is 0. The molecule has 19 heavy (non-hydrogen) atoms. The highest BCUT2D eigenvalue weighted by molar-refractivity contribution is 7.80. The van der Waals surface area contributed by atoms with Crippen LogP contribution < -0.4 is 10.6 Å². The average Bonchev–Trinajstić information content (AvgIpc) is 2.38. The van der Waals surface area contributed by atoms with Crippen molar-refractivity contribution in [1.82, 2.24) is 4.98 Å². The van der Waals surface area contributed by atoms with Crippen LogP contribution in [0.4, 0.5) is 19.0 Å². The predicted molar refractivity (Wildman–Crippen MR) is 71.1 cm³/mol. The van der Waals surface area contributed by atoms with Crippen molar-refractivity contribution in [2.45, 2.75) is 19.0 Å². The maximum absolute atomic E-state index is 12.6. The highest BCUT2D eigenvalue weighted by atomic mass is 32.1. The first kappa shape index (κ1) is 14.0. The molecule has 0 bridgehead atoms. The van der Waals surface area contributed by atoms with Crippen molar-refractivity contribution in [3.8, 4) is 0 Å². The molecule has 3 nitrogen and oxygen atoms in total. The smallest absolute Gasteiger partial charge is 0.389 e. The zero-order valence-corrected chi connectivity index (χ0v) is 11.0. The number of alkyl halides is 3. The summed E-state index contributed by atoms with van der Waals surface area (Å²) in [4.78, 5) is 6.21. The molecule has 1 aromatic heterocycles. The zero-order valence-electron chi connectivity index (χ0n) is 10.2. The van der Waals surface area contributed by atoms with E-state index in [9.17, 15) is 13.2 Å². The molecule has 0 spiro atoms. The van der Waals surface area contributed by atoms with Crippen molar-refractivity contribution >= 4 is 23.0 Å². The standard InChI is InChI=1S/C12H14F3N3S/c13-12(14,15)8-3-6-18(7-4-8)11-9(10(16)19)2-1-5-17-11/h1-2,5,8H,3-4,6-7H2,(H2,16,19). The Balaban J connectivity index is 2.12. The fraction of sp³-hybridized carbons (Fsp3) is 0.500. The molecule has 2 rings (SSSR count). The van der Waals surface area contributed by atoms with Gasteiger partial charge in [-0.15, -0.1) is 0 Å². The van der Waals surface area contributed by atoms with Crippen LogP contribution in [0.1, 0.15) is 18.4 Å². The second kappa shape index (κ2) is 5.32. The minimum atomic E-state index is -4.11. The summed E-state index contributed by atoms with van der Waals surface area (Å²) in [6.07, 6.45) is -2.36. The predicted octanol–water partition coefficient (Wildman–Crippen LogP) is 2.49. The summed E-state index contributed by atoms with van der Waals surface area (Å²) in [5, 5.41) is 0. The number of hydrogen-bond acceptors (Lipinski definition) is 3. The van der Waals surface area contributed by atoms with Crippen molar-refractivity contribution < 1.29 is 13.2 Å². The molecular weight excluding hydrogens is 275 g/mol. The molecule has 0 aromatic carbocycles. The van der Waals surface area contributed by atoms with Crippen LogP contribution in [0.3, 0.4) is 0 Å². The number of nitrogens with two attached hydrogens (primary N) is 1. The molecule has 1 aliphatic heterocycles. The molecule has 0 unspecified atom stereocenters. The molecule has 1 saturated heterocycles. The Bertz CT molecular complexity index is 468. The minimum absolute atomic E-state index is 0.0802. The second-order valence-corrected chi connectivity index (χ2v) is 4.98. The molecule has 0 aliphatic carbocycles. The van der Waals surface area contributed by atoms with Crippen molar-refractivity contribution in [3.05, 3.63) is 23.9 Å². The Morgan fingerprint density at radius 3 is 2.53 bits per heavy atom. The van der Waals surface area contributed by atoms with Gasteiger partial charge in [-0.25, -0.2) is 4.98 Å². The average molecular weight is 289 g/mol. The van der Waals surface area contributed by atoms with E-state index in [1.807, 2.05) is 4.90 Å². The van der Waals surface area contributed by atoms with E-state index in [0.29, 0.717) is 24.5 Å². The molecule has 0 radical (unpaired) electrons. The van der Waals surface area contributed by atoms with Crippen LogP contribution >= 0.6 is 12.2 Å². The minimum Gasteiger partial charge on any atom is -0.389 e. The van der Waals surface area contributed by atoms with E-state index in [1.54, 1.807) is 18.3 Å². The van der Waals surface area contributed by atoms with E-state index < -0.39 is 12.1 Å². The second-order valence-electron chi connectivity index (χ2n) is 4.54. The molecule has 2 N–H and O–H groups in total. The number of rotatable bonds is 2. The maximum Gasteiger partial charge on any atom is 0.391 e. The van der Waals surface area contributed by atoms with Crippen LogP contribution in [-0.2, 0) is 0 Å². The lowest BCUT2D eigenvalue weighted by Crippen LogP contribution is -2.40. The summed E-state index contributed by atoms with van der Waals surface area (Å²) in [5.41, 5.74) is 6.22. The molecule has 1 aliphatic rings. The Labute approximate surface area is 114 Å². The molecule has 1 aromatic rings. The first-order chi connectivity index (χ1) is 8.89. The van der Waals surface area contributed by atoms with E-state index in [4.69, 9.17) is 18.0 Å². The van der Waals surface area contributed by atoms with Crippen LogP contribution in [0.5, 0.6) is 0 Å². The van der Waals surface area contributed by atoms with Gasteiger partial charge in [-0.05, 0) is 25.0 Å². The highest BCUT2D eigenvalue weighted by Crippen LogP contribution is 2.35. The third-order valence-corrected chi connectivity index (χ3v) is 3.53. The summed E-state index contributed by atoms with van der Waals surface area (Å²) >= 11 is 4.93. The van der Waals surface area contributed by atoms with E-state index in [0.717, 1.165) is 0 Å². The van der Waals surface area contributed by atoms with Gasteiger partial charge in [-0.3, -0.25) is 0 Å². The van der Waals surface area contributed by atoms with Gasteiger partial charge in [-0.1, -0.05) is 12.2 Å².